The minimum Gasteiger partial charge on any atom is -0.379 e. The number of hydrogen-bond acceptors (Lipinski definition) is 5. The van der Waals surface area contributed by atoms with Gasteiger partial charge in [-0.2, -0.15) is 0 Å². The van der Waals surface area contributed by atoms with Crippen LogP contribution in [0.15, 0.2) is 0 Å². The van der Waals surface area contributed by atoms with Gasteiger partial charge >= 0.3 is 8.80 Å². The summed E-state index contributed by atoms with van der Waals surface area (Å²) in [5.41, 5.74) is 0. The topological polar surface area (TPSA) is 40.2 Å². The Kier molecular flexibility index (Phi) is 10.5. The number of ether oxygens (including phenoxy) is 1. The van der Waals surface area contributed by atoms with Crippen molar-refractivity contribution in [3.05, 3.63) is 0 Å². The predicted octanol–water partition coefficient (Wildman–Crippen LogP) is 2.88. The Morgan fingerprint density at radius 1 is 0.952 bits per heavy atom. The van der Waals surface area contributed by atoms with Crippen LogP contribution < -0.4 is 0 Å². The van der Waals surface area contributed by atoms with E-state index < -0.39 is 8.80 Å². The zero-order chi connectivity index (χ0) is 15.4. The molecule has 0 bridgehead atoms. The Labute approximate surface area is 131 Å². The van der Waals surface area contributed by atoms with Crippen LogP contribution in [-0.2, 0) is 18.0 Å². The average molecular weight is 320 g/mol. The fourth-order valence-corrected chi connectivity index (χ4v) is 4.54. The average Bonchev–Trinajstić information content (AvgIpc) is 2.55. The molecule has 0 unspecified atom stereocenters. The molecular formula is C15H33NO4Si. The first kappa shape index (κ1) is 19.1. The summed E-state index contributed by atoms with van der Waals surface area (Å²) in [5.74, 6) is 0. The molecule has 1 aliphatic heterocycles. The lowest BCUT2D eigenvalue weighted by Gasteiger charge is -2.32. The second kappa shape index (κ2) is 11.6. The van der Waals surface area contributed by atoms with Gasteiger partial charge in [0.2, 0.25) is 0 Å². The van der Waals surface area contributed by atoms with Gasteiger partial charge < -0.3 is 18.0 Å². The molecule has 0 aromatic heterocycles. The molecule has 0 N–H and O–H groups in total. The third-order valence-corrected chi connectivity index (χ3v) is 6.81. The first-order chi connectivity index (χ1) is 10.3. The van der Waals surface area contributed by atoms with Crippen LogP contribution in [0.25, 0.3) is 0 Å². The van der Waals surface area contributed by atoms with Crippen LogP contribution in [0.1, 0.15) is 45.4 Å². The van der Waals surface area contributed by atoms with Crippen molar-refractivity contribution in [3.63, 3.8) is 0 Å². The lowest BCUT2D eigenvalue weighted by Crippen LogP contribution is -2.48. The quantitative estimate of drug-likeness (QED) is 0.409. The number of rotatable bonds is 12. The van der Waals surface area contributed by atoms with Crippen molar-refractivity contribution < 1.29 is 18.0 Å². The number of unbranched alkanes of at least 4 members (excludes halogenated alkanes) is 5. The SMILES string of the molecule is CCCCCCCC[Si](OC)(OC)OCN1CCOCC1. The summed E-state index contributed by atoms with van der Waals surface area (Å²) in [6, 6.07) is 0.913. The largest absolute Gasteiger partial charge is 0.501 e. The standard InChI is InChI=1S/C15H33NO4Si/c1-4-5-6-7-8-9-14-21(17-2,18-3)20-15-16-10-12-19-13-11-16/h4-15H2,1-3H3. The van der Waals surface area contributed by atoms with Crippen LogP contribution in [0.3, 0.4) is 0 Å². The molecule has 0 atom stereocenters. The van der Waals surface area contributed by atoms with E-state index in [1.807, 2.05) is 0 Å². The van der Waals surface area contributed by atoms with Gasteiger partial charge in [-0.1, -0.05) is 39.0 Å². The first-order valence-corrected chi connectivity index (χ1v) is 10.2. The highest BCUT2D eigenvalue weighted by atomic mass is 28.4. The van der Waals surface area contributed by atoms with Crippen LogP contribution in [0, 0.1) is 0 Å². The van der Waals surface area contributed by atoms with Crippen LogP contribution in [0.2, 0.25) is 6.04 Å². The Hall–Kier alpha value is 0.0169. The molecule has 21 heavy (non-hydrogen) atoms. The molecule has 6 heteroatoms. The van der Waals surface area contributed by atoms with E-state index in [1.165, 1.54) is 32.1 Å². The minimum absolute atomic E-state index is 0.590. The van der Waals surface area contributed by atoms with Crippen LogP contribution in [-0.4, -0.2) is 61.0 Å². The molecule has 0 radical (unpaired) electrons. The van der Waals surface area contributed by atoms with E-state index in [-0.39, 0.29) is 0 Å². The van der Waals surface area contributed by atoms with Crippen LogP contribution in [0.5, 0.6) is 0 Å². The van der Waals surface area contributed by atoms with Crippen LogP contribution in [0.4, 0.5) is 0 Å². The molecule has 0 aromatic rings. The first-order valence-electron chi connectivity index (χ1n) is 8.30. The van der Waals surface area contributed by atoms with Crippen molar-refractivity contribution >= 4 is 8.80 Å². The molecule has 126 valence electrons. The zero-order valence-electron chi connectivity index (χ0n) is 14.1. The van der Waals surface area contributed by atoms with Gasteiger partial charge in [-0.25, -0.2) is 0 Å². The molecule has 1 fully saturated rings. The van der Waals surface area contributed by atoms with Crippen molar-refractivity contribution in [1.82, 2.24) is 4.90 Å². The molecular weight excluding hydrogens is 286 g/mol. The number of hydrogen-bond donors (Lipinski definition) is 0. The molecule has 0 saturated carbocycles. The smallest absolute Gasteiger partial charge is 0.379 e. The van der Waals surface area contributed by atoms with E-state index >= 15 is 0 Å². The lowest BCUT2D eigenvalue weighted by atomic mass is 10.1. The summed E-state index contributed by atoms with van der Waals surface area (Å²) in [5, 5.41) is 0. The predicted molar refractivity (Wildman–Crippen MR) is 86.3 cm³/mol. The Bertz CT molecular complexity index is 246. The summed E-state index contributed by atoms with van der Waals surface area (Å²) in [7, 11) is 0.950. The van der Waals surface area contributed by atoms with Gasteiger partial charge in [-0.3, -0.25) is 4.90 Å². The van der Waals surface area contributed by atoms with Gasteiger partial charge in [0.15, 0.2) is 0 Å². The zero-order valence-corrected chi connectivity index (χ0v) is 15.1. The second-order valence-electron chi connectivity index (χ2n) is 5.61. The van der Waals surface area contributed by atoms with Crippen molar-refractivity contribution in [1.29, 1.82) is 0 Å². The normalized spacial score (nSPS) is 17.3. The van der Waals surface area contributed by atoms with Gasteiger partial charge in [-0.15, -0.1) is 0 Å². The molecule has 1 rings (SSSR count). The number of morpholine rings is 1. The van der Waals surface area contributed by atoms with E-state index in [1.54, 1.807) is 14.2 Å². The van der Waals surface area contributed by atoms with Gasteiger partial charge in [0.25, 0.3) is 0 Å². The van der Waals surface area contributed by atoms with Gasteiger partial charge in [-0.05, 0) is 6.42 Å². The molecule has 0 amide bonds. The maximum Gasteiger partial charge on any atom is 0.501 e. The van der Waals surface area contributed by atoms with Crippen molar-refractivity contribution in [2.24, 2.45) is 0 Å². The van der Waals surface area contributed by atoms with E-state index in [0.717, 1.165) is 38.8 Å². The summed E-state index contributed by atoms with van der Waals surface area (Å²) in [6.07, 6.45) is 7.63. The molecule has 1 heterocycles. The highest BCUT2D eigenvalue weighted by molar-refractivity contribution is 6.60. The molecule has 0 aliphatic carbocycles. The highest BCUT2D eigenvalue weighted by Gasteiger charge is 2.38. The molecule has 1 saturated heterocycles. The van der Waals surface area contributed by atoms with E-state index in [4.69, 9.17) is 18.0 Å². The van der Waals surface area contributed by atoms with Gasteiger partial charge in [0.1, 0.15) is 0 Å². The van der Waals surface area contributed by atoms with Crippen molar-refractivity contribution in [2.45, 2.75) is 51.5 Å². The monoisotopic (exact) mass is 319 g/mol. The maximum atomic E-state index is 6.06. The minimum atomic E-state index is -2.48. The summed E-state index contributed by atoms with van der Waals surface area (Å²) in [4.78, 5) is 2.25. The highest BCUT2D eigenvalue weighted by Crippen LogP contribution is 2.19. The molecule has 0 aromatic carbocycles. The molecule has 1 aliphatic rings. The van der Waals surface area contributed by atoms with Crippen molar-refractivity contribution in [3.8, 4) is 0 Å². The third kappa shape index (κ3) is 7.72. The van der Waals surface area contributed by atoms with Crippen LogP contribution >= 0.6 is 0 Å². The fraction of sp³-hybridized carbons (Fsp3) is 1.00. The maximum absolute atomic E-state index is 6.06. The molecule has 5 nitrogen and oxygen atoms in total. The Morgan fingerprint density at radius 3 is 2.19 bits per heavy atom. The van der Waals surface area contributed by atoms with Crippen molar-refractivity contribution in [2.75, 3.05) is 47.3 Å². The van der Waals surface area contributed by atoms with Gasteiger partial charge in [0.05, 0.1) is 19.9 Å². The lowest BCUT2D eigenvalue weighted by molar-refractivity contribution is -0.0209. The Balaban J connectivity index is 2.24. The summed E-state index contributed by atoms with van der Waals surface area (Å²) in [6.45, 7) is 6.26. The summed E-state index contributed by atoms with van der Waals surface area (Å²) < 4.78 is 22.7. The van der Waals surface area contributed by atoms with E-state index in [0.29, 0.717) is 6.73 Å². The Morgan fingerprint density at radius 2 is 1.57 bits per heavy atom. The summed E-state index contributed by atoms with van der Waals surface area (Å²) >= 11 is 0. The molecule has 0 spiro atoms. The fourth-order valence-electron chi connectivity index (χ4n) is 2.52. The third-order valence-electron chi connectivity index (χ3n) is 4.03. The van der Waals surface area contributed by atoms with E-state index in [2.05, 4.69) is 11.8 Å². The second-order valence-corrected chi connectivity index (χ2v) is 8.58. The van der Waals surface area contributed by atoms with Gasteiger partial charge in [0, 0.05) is 33.4 Å². The number of nitrogens with zero attached hydrogens (tertiary/aromatic N) is 1. The van der Waals surface area contributed by atoms with E-state index in [9.17, 15) is 0 Å².